The van der Waals surface area contributed by atoms with Crippen molar-refractivity contribution in [2.45, 2.75) is 0 Å². The highest BCUT2D eigenvalue weighted by Gasteiger charge is 2.12. The maximum Gasteiger partial charge on any atom is 0.257 e. The number of rotatable bonds is 6. The second-order valence-electron chi connectivity index (χ2n) is 5.61. The number of pyridine rings is 1. The molecule has 2 aromatic carbocycles. The van der Waals surface area contributed by atoms with Gasteiger partial charge in [0.2, 0.25) is 0 Å². The molecule has 0 saturated heterocycles. The average molecular weight is 384 g/mol. The number of carbonyl (C=O) groups excluding carboxylic acids is 1. The molecule has 0 saturated carbocycles. The second-order valence-corrected chi connectivity index (χ2v) is 6.05. The lowest BCUT2D eigenvalue weighted by molar-refractivity contribution is 0.102. The van der Waals surface area contributed by atoms with Crippen LogP contribution in [0.25, 0.3) is 0 Å². The molecule has 0 atom stereocenters. The average Bonchev–Trinajstić information content (AvgIpc) is 2.70. The molecule has 138 valence electrons. The highest BCUT2D eigenvalue weighted by molar-refractivity contribution is 6.30. The van der Waals surface area contributed by atoms with Gasteiger partial charge in [-0.05, 0) is 42.5 Å². The van der Waals surface area contributed by atoms with Gasteiger partial charge >= 0.3 is 0 Å². The number of hydrogen-bond donors (Lipinski definition) is 2. The number of nitrogens with zero attached hydrogens (tertiary/aromatic N) is 1. The zero-order valence-corrected chi connectivity index (χ0v) is 15.6. The van der Waals surface area contributed by atoms with Crippen molar-refractivity contribution in [3.63, 3.8) is 0 Å². The maximum absolute atomic E-state index is 12.6. The summed E-state index contributed by atoms with van der Waals surface area (Å²) in [5, 5.41) is 6.66. The van der Waals surface area contributed by atoms with Crippen molar-refractivity contribution in [1.29, 1.82) is 0 Å². The first-order chi connectivity index (χ1) is 13.1. The molecular weight excluding hydrogens is 366 g/mol. The van der Waals surface area contributed by atoms with E-state index < -0.39 is 0 Å². The summed E-state index contributed by atoms with van der Waals surface area (Å²) >= 11 is 5.89. The highest BCUT2D eigenvalue weighted by atomic mass is 35.5. The number of anilines is 3. The molecule has 0 aliphatic heterocycles. The van der Waals surface area contributed by atoms with Crippen LogP contribution in [0, 0.1) is 0 Å². The summed E-state index contributed by atoms with van der Waals surface area (Å²) in [6, 6.07) is 14.1. The minimum Gasteiger partial charge on any atom is -0.497 e. The molecule has 0 bridgehead atoms. The lowest BCUT2D eigenvalue weighted by atomic mass is 10.2. The van der Waals surface area contributed by atoms with Crippen LogP contribution in [0.2, 0.25) is 5.02 Å². The van der Waals surface area contributed by atoms with Crippen molar-refractivity contribution in [3.8, 4) is 11.5 Å². The number of amides is 1. The summed E-state index contributed by atoms with van der Waals surface area (Å²) in [7, 11) is 3.10. The van der Waals surface area contributed by atoms with E-state index in [0.29, 0.717) is 33.5 Å². The van der Waals surface area contributed by atoms with Gasteiger partial charge in [0.1, 0.15) is 11.5 Å². The van der Waals surface area contributed by atoms with E-state index in [1.807, 2.05) is 12.1 Å². The minimum absolute atomic E-state index is 0.300. The molecule has 0 aliphatic rings. The molecule has 27 heavy (non-hydrogen) atoms. The Balaban J connectivity index is 1.76. The van der Waals surface area contributed by atoms with Crippen LogP contribution in [0.1, 0.15) is 10.4 Å². The first-order valence-electron chi connectivity index (χ1n) is 8.10. The Morgan fingerprint density at radius 2 is 1.74 bits per heavy atom. The van der Waals surface area contributed by atoms with Gasteiger partial charge in [-0.15, -0.1) is 0 Å². The highest BCUT2D eigenvalue weighted by Crippen LogP contribution is 2.29. The third-order valence-electron chi connectivity index (χ3n) is 3.79. The fraction of sp³-hybridized carbons (Fsp3) is 0.100. The summed E-state index contributed by atoms with van der Waals surface area (Å²) in [6.07, 6.45) is 3.14. The van der Waals surface area contributed by atoms with E-state index in [-0.39, 0.29) is 5.91 Å². The molecule has 2 N–H and O–H groups in total. The Labute approximate surface area is 162 Å². The molecule has 1 amide bonds. The fourth-order valence-corrected chi connectivity index (χ4v) is 2.55. The summed E-state index contributed by atoms with van der Waals surface area (Å²) in [6.45, 7) is 0. The zero-order chi connectivity index (χ0) is 19.2. The van der Waals surface area contributed by atoms with Crippen molar-refractivity contribution in [2.24, 2.45) is 0 Å². The molecule has 1 heterocycles. The van der Waals surface area contributed by atoms with E-state index in [2.05, 4.69) is 15.6 Å². The monoisotopic (exact) mass is 383 g/mol. The third-order valence-corrected chi connectivity index (χ3v) is 4.04. The fourth-order valence-electron chi connectivity index (χ4n) is 2.43. The number of nitrogens with one attached hydrogen (secondary N) is 2. The maximum atomic E-state index is 12.6. The van der Waals surface area contributed by atoms with E-state index in [4.69, 9.17) is 21.1 Å². The first-order valence-corrected chi connectivity index (χ1v) is 8.48. The predicted molar refractivity (Wildman–Crippen MR) is 106 cm³/mol. The van der Waals surface area contributed by atoms with Gasteiger partial charge in [-0.3, -0.25) is 9.78 Å². The van der Waals surface area contributed by atoms with Gasteiger partial charge in [-0.1, -0.05) is 11.6 Å². The van der Waals surface area contributed by atoms with Gasteiger partial charge < -0.3 is 20.1 Å². The Hall–Kier alpha value is -3.25. The number of benzene rings is 2. The Morgan fingerprint density at radius 3 is 2.44 bits per heavy atom. The van der Waals surface area contributed by atoms with Crippen molar-refractivity contribution >= 4 is 34.6 Å². The van der Waals surface area contributed by atoms with E-state index in [1.165, 1.54) is 13.3 Å². The van der Waals surface area contributed by atoms with Crippen molar-refractivity contribution < 1.29 is 14.3 Å². The molecule has 0 fully saturated rings. The van der Waals surface area contributed by atoms with Gasteiger partial charge in [0.05, 0.1) is 37.4 Å². The lowest BCUT2D eigenvalue weighted by Crippen LogP contribution is -2.13. The summed E-state index contributed by atoms with van der Waals surface area (Å²) in [4.78, 5) is 16.7. The van der Waals surface area contributed by atoms with Gasteiger partial charge in [0, 0.05) is 23.0 Å². The van der Waals surface area contributed by atoms with Crippen LogP contribution < -0.4 is 20.1 Å². The van der Waals surface area contributed by atoms with Crippen LogP contribution in [-0.2, 0) is 0 Å². The van der Waals surface area contributed by atoms with Crippen LogP contribution in [-0.4, -0.2) is 25.1 Å². The van der Waals surface area contributed by atoms with Crippen LogP contribution in [0.3, 0.4) is 0 Å². The molecule has 1 aromatic heterocycles. The number of halogens is 1. The van der Waals surface area contributed by atoms with Gasteiger partial charge in [-0.25, -0.2) is 0 Å². The van der Waals surface area contributed by atoms with Crippen LogP contribution in [0.4, 0.5) is 17.1 Å². The number of ether oxygens (including phenoxy) is 2. The number of aromatic nitrogens is 1. The molecule has 7 heteroatoms. The van der Waals surface area contributed by atoms with E-state index in [1.54, 1.807) is 49.7 Å². The quantitative estimate of drug-likeness (QED) is 0.642. The van der Waals surface area contributed by atoms with Gasteiger partial charge in [0.15, 0.2) is 0 Å². The first kappa shape index (κ1) is 18.5. The molecular formula is C20H18ClN3O3. The molecule has 0 unspecified atom stereocenters. The minimum atomic E-state index is -0.300. The van der Waals surface area contributed by atoms with Crippen LogP contribution in [0.5, 0.6) is 11.5 Å². The summed E-state index contributed by atoms with van der Waals surface area (Å²) < 4.78 is 10.5. The smallest absolute Gasteiger partial charge is 0.257 e. The Kier molecular flexibility index (Phi) is 5.78. The molecule has 0 spiro atoms. The third kappa shape index (κ3) is 4.68. The van der Waals surface area contributed by atoms with Gasteiger partial charge in [0.25, 0.3) is 5.91 Å². The summed E-state index contributed by atoms with van der Waals surface area (Å²) in [5.74, 6) is 0.845. The summed E-state index contributed by atoms with van der Waals surface area (Å²) in [5.41, 5.74) is 2.48. The molecule has 3 rings (SSSR count). The SMILES string of the molecule is COc1ccc(NC(=O)c2cncc(Nc3ccc(Cl)cc3)c2)c(OC)c1. The van der Waals surface area contributed by atoms with Crippen LogP contribution in [0.15, 0.2) is 60.9 Å². The molecule has 0 radical (unpaired) electrons. The van der Waals surface area contributed by atoms with E-state index >= 15 is 0 Å². The standard InChI is InChI=1S/C20H18ClN3O3/c1-26-17-7-8-18(19(10-17)27-2)24-20(25)13-9-16(12-22-11-13)23-15-5-3-14(21)4-6-15/h3-12,23H,1-2H3,(H,24,25). The lowest BCUT2D eigenvalue weighted by Gasteiger charge is -2.12. The zero-order valence-electron chi connectivity index (χ0n) is 14.8. The van der Waals surface area contributed by atoms with E-state index in [9.17, 15) is 4.79 Å². The predicted octanol–water partition coefficient (Wildman–Crippen LogP) is 4.75. The number of carbonyl (C=O) groups is 1. The number of hydrogen-bond acceptors (Lipinski definition) is 5. The largest absolute Gasteiger partial charge is 0.497 e. The molecule has 6 nitrogen and oxygen atoms in total. The molecule has 0 aliphatic carbocycles. The number of methoxy groups -OCH3 is 2. The van der Waals surface area contributed by atoms with Crippen molar-refractivity contribution in [1.82, 2.24) is 4.98 Å². The van der Waals surface area contributed by atoms with Crippen molar-refractivity contribution in [2.75, 3.05) is 24.9 Å². The molecule has 3 aromatic rings. The van der Waals surface area contributed by atoms with Crippen molar-refractivity contribution in [3.05, 3.63) is 71.5 Å². The van der Waals surface area contributed by atoms with Gasteiger partial charge in [-0.2, -0.15) is 0 Å². The topological polar surface area (TPSA) is 72.5 Å². The Morgan fingerprint density at radius 1 is 0.963 bits per heavy atom. The van der Waals surface area contributed by atoms with E-state index in [0.717, 1.165) is 5.69 Å². The van der Waals surface area contributed by atoms with Crippen LogP contribution >= 0.6 is 11.6 Å². The normalized spacial score (nSPS) is 10.2. The Bertz CT molecular complexity index is 945. The second kappa shape index (κ2) is 8.42.